The minimum atomic E-state index is -1.12. The minimum Gasteiger partial charge on any atom is -0.480 e. The quantitative estimate of drug-likeness (QED) is 0.530. The Morgan fingerprint density at radius 3 is 2.45 bits per heavy atom. The molecule has 1 aromatic rings. The number of carbonyl (C=O) groups is 2. The highest BCUT2D eigenvalue weighted by Gasteiger charge is 2.25. The number of nitro groups is 1. The molecule has 0 aliphatic rings. The van der Waals surface area contributed by atoms with Gasteiger partial charge in [-0.1, -0.05) is 37.3 Å². The summed E-state index contributed by atoms with van der Waals surface area (Å²) >= 11 is 0. The fourth-order valence-corrected chi connectivity index (χ4v) is 2.12. The van der Waals surface area contributed by atoms with Crippen LogP contribution < -0.4 is 5.32 Å². The predicted octanol–water partition coefficient (Wildman–Crippen LogP) is 1.49. The van der Waals surface area contributed by atoms with Gasteiger partial charge in [-0.2, -0.15) is 0 Å². The Morgan fingerprint density at radius 1 is 1.32 bits per heavy atom. The largest absolute Gasteiger partial charge is 0.480 e. The average molecular weight is 308 g/mol. The van der Waals surface area contributed by atoms with E-state index in [2.05, 4.69) is 5.32 Å². The Hall–Kier alpha value is -2.44. The molecule has 2 N–H and O–H groups in total. The van der Waals surface area contributed by atoms with Gasteiger partial charge in [-0.15, -0.1) is 0 Å². The number of amides is 1. The van der Waals surface area contributed by atoms with Gasteiger partial charge in [0.05, 0.1) is 0 Å². The average Bonchev–Trinajstić information content (AvgIpc) is 2.47. The van der Waals surface area contributed by atoms with Crippen molar-refractivity contribution in [3.8, 4) is 0 Å². The summed E-state index contributed by atoms with van der Waals surface area (Å²) in [6.45, 7) is 1.44. The van der Waals surface area contributed by atoms with E-state index >= 15 is 0 Å². The molecule has 0 aliphatic heterocycles. The van der Waals surface area contributed by atoms with Gasteiger partial charge in [-0.25, -0.2) is 4.79 Å². The van der Waals surface area contributed by atoms with Crippen LogP contribution in [0.25, 0.3) is 0 Å². The van der Waals surface area contributed by atoms with Crippen LogP contribution in [0.5, 0.6) is 0 Å². The standard InChI is InChI=1S/C15H20N2O5/c1-2-12(8-9-17(21)22)14(18)16-13(15(19)20)10-11-6-4-3-5-7-11/h3-7,12-13H,2,8-10H2,1H3,(H,16,18)(H,19,20)/t12-,13+/m1/s1. The molecule has 7 heteroatoms. The third-order valence-corrected chi connectivity index (χ3v) is 3.42. The van der Waals surface area contributed by atoms with Crippen molar-refractivity contribution < 1.29 is 19.6 Å². The fraction of sp³-hybridized carbons (Fsp3) is 0.467. The first-order valence-corrected chi connectivity index (χ1v) is 7.13. The Bertz CT molecular complexity index is 518. The molecule has 0 aromatic heterocycles. The summed E-state index contributed by atoms with van der Waals surface area (Å²) in [4.78, 5) is 33.3. The van der Waals surface area contributed by atoms with Gasteiger partial charge in [0, 0.05) is 23.7 Å². The van der Waals surface area contributed by atoms with Crippen LogP contribution >= 0.6 is 0 Å². The molecular weight excluding hydrogens is 288 g/mol. The molecule has 120 valence electrons. The van der Waals surface area contributed by atoms with Crippen LogP contribution in [-0.4, -0.2) is 34.5 Å². The fourth-order valence-electron chi connectivity index (χ4n) is 2.12. The van der Waals surface area contributed by atoms with Gasteiger partial charge in [0.1, 0.15) is 6.04 Å². The minimum absolute atomic E-state index is 0.104. The van der Waals surface area contributed by atoms with Gasteiger partial charge in [0.25, 0.3) is 0 Å². The first-order chi connectivity index (χ1) is 10.4. The lowest BCUT2D eigenvalue weighted by molar-refractivity contribution is -0.481. The second-order valence-electron chi connectivity index (χ2n) is 5.04. The van der Waals surface area contributed by atoms with E-state index in [0.717, 1.165) is 5.56 Å². The second kappa shape index (κ2) is 8.76. The number of hydrogen-bond donors (Lipinski definition) is 2. The van der Waals surface area contributed by atoms with Crippen molar-refractivity contribution in [3.05, 3.63) is 46.0 Å². The van der Waals surface area contributed by atoms with E-state index in [1.165, 1.54) is 0 Å². The summed E-state index contributed by atoms with van der Waals surface area (Å²) in [6, 6.07) is 7.93. The van der Waals surface area contributed by atoms with E-state index in [9.17, 15) is 24.8 Å². The van der Waals surface area contributed by atoms with Crippen molar-refractivity contribution >= 4 is 11.9 Å². The van der Waals surface area contributed by atoms with Gasteiger partial charge < -0.3 is 10.4 Å². The second-order valence-corrected chi connectivity index (χ2v) is 5.04. The Labute approximate surface area is 128 Å². The zero-order valence-corrected chi connectivity index (χ0v) is 12.4. The summed E-state index contributed by atoms with van der Waals surface area (Å²) in [5, 5.41) is 22.1. The topological polar surface area (TPSA) is 110 Å². The lowest BCUT2D eigenvalue weighted by atomic mass is 9.99. The molecular formula is C15H20N2O5. The number of nitrogens with zero attached hydrogens (tertiary/aromatic N) is 1. The number of aliphatic carboxylic acids is 1. The van der Waals surface area contributed by atoms with Crippen LogP contribution in [0.15, 0.2) is 30.3 Å². The van der Waals surface area contributed by atoms with E-state index in [0.29, 0.717) is 6.42 Å². The molecule has 0 aliphatic carbocycles. The molecule has 0 fully saturated rings. The van der Waals surface area contributed by atoms with Crippen molar-refractivity contribution in [3.63, 3.8) is 0 Å². The summed E-state index contributed by atoms with van der Waals surface area (Å²) < 4.78 is 0. The molecule has 0 radical (unpaired) electrons. The van der Waals surface area contributed by atoms with Crippen molar-refractivity contribution in [2.45, 2.75) is 32.2 Å². The van der Waals surface area contributed by atoms with Gasteiger partial charge in [-0.3, -0.25) is 14.9 Å². The molecule has 22 heavy (non-hydrogen) atoms. The maximum absolute atomic E-state index is 12.1. The Kier molecular flexibility index (Phi) is 7.01. The summed E-state index contributed by atoms with van der Waals surface area (Å²) in [6.07, 6.45) is 0.706. The highest BCUT2D eigenvalue weighted by Crippen LogP contribution is 2.10. The number of benzene rings is 1. The number of nitrogens with one attached hydrogen (secondary N) is 1. The van der Waals surface area contributed by atoms with Gasteiger partial charge in [0.15, 0.2) is 0 Å². The number of carboxylic acids is 1. The predicted molar refractivity (Wildman–Crippen MR) is 80.0 cm³/mol. The smallest absolute Gasteiger partial charge is 0.326 e. The third kappa shape index (κ3) is 5.90. The molecule has 7 nitrogen and oxygen atoms in total. The number of hydrogen-bond acceptors (Lipinski definition) is 4. The van der Waals surface area contributed by atoms with E-state index in [1.807, 2.05) is 6.07 Å². The molecule has 0 unspecified atom stereocenters. The first kappa shape index (κ1) is 17.6. The van der Waals surface area contributed by atoms with Crippen LogP contribution in [0.3, 0.4) is 0 Å². The van der Waals surface area contributed by atoms with Crippen molar-refractivity contribution in [2.24, 2.45) is 5.92 Å². The highest BCUT2D eigenvalue weighted by molar-refractivity contribution is 5.85. The molecule has 0 bridgehead atoms. The van der Waals surface area contributed by atoms with E-state index in [1.54, 1.807) is 31.2 Å². The lowest BCUT2D eigenvalue weighted by Crippen LogP contribution is -2.45. The summed E-state index contributed by atoms with van der Waals surface area (Å²) in [5.41, 5.74) is 0.800. The van der Waals surface area contributed by atoms with E-state index in [4.69, 9.17) is 0 Å². The summed E-state index contributed by atoms with van der Waals surface area (Å²) in [7, 11) is 0. The van der Waals surface area contributed by atoms with Crippen LogP contribution in [0.4, 0.5) is 0 Å². The maximum atomic E-state index is 12.1. The molecule has 1 aromatic carbocycles. The van der Waals surface area contributed by atoms with E-state index < -0.39 is 28.8 Å². The van der Waals surface area contributed by atoms with Crippen LogP contribution in [0, 0.1) is 16.0 Å². The Morgan fingerprint density at radius 2 is 1.95 bits per heavy atom. The molecule has 1 amide bonds. The number of carbonyl (C=O) groups excluding carboxylic acids is 1. The SMILES string of the molecule is CC[C@H](CC[N+](=O)[O-])C(=O)N[C@@H](Cc1ccccc1)C(=O)O. The molecule has 0 saturated carbocycles. The van der Waals surface area contributed by atoms with Gasteiger partial charge in [0.2, 0.25) is 12.5 Å². The normalized spacial score (nSPS) is 13.1. The zero-order chi connectivity index (χ0) is 16.5. The number of rotatable bonds is 9. The zero-order valence-electron chi connectivity index (χ0n) is 12.4. The molecule has 2 atom stereocenters. The molecule has 0 spiro atoms. The first-order valence-electron chi connectivity index (χ1n) is 7.13. The molecule has 1 rings (SSSR count). The Balaban J connectivity index is 2.66. The summed E-state index contributed by atoms with van der Waals surface area (Å²) in [5.74, 6) is -2.13. The van der Waals surface area contributed by atoms with E-state index in [-0.39, 0.29) is 19.4 Å². The highest BCUT2D eigenvalue weighted by atomic mass is 16.6. The molecule has 0 heterocycles. The van der Waals surface area contributed by atoms with Crippen molar-refractivity contribution in [2.75, 3.05) is 6.54 Å². The maximum Gasteiger partial charge on any atom is 0.326 e. The van der Waals surface area contributed by atoms with Crippen LogP contribution in [-0.2, 0) is 16.0 Å². The van der Waals surface area contributed by atoms with Gasteiger partial charge in [-0.05, 0) is 12.0 Å². The lowest BCUT2D eigenvalue weighted by Gasteiger charge is -2.18. The van der Waals surface area contributed by atoms with Gasteiger partial charge >= 0.3 is 5.97 Å². The number of carboxylic acid groups (broad SMARTS) is 1. The van der Waals surface area contributed by atoms with Crippen molar-refractivity contribution in [1.29, 1.82) is 0 Å². The molecule has 0 saturated heterocycles. The van der Waals surface area contributed by atoms with Crippen LogP contribution in [0.1, 0.15) is 25.3 Å². The van der Waals surface area contributed by atoms with Crippen LogP contribution in [0.2, 0.25) is 0 Å². The van der Waals surface area contributed by atoms with Crippen molar-refractivity contribution in [1.82, 2.24) is 5.32 Å². The monoisotopic (exact) mass is 308 g/mol. The third-order valence-electron chi connectivity index (χ3n) is 3.42.